The van der Waals surface area contributed by atoms with E-state index >= 15 is 0 Å². The maximum Gasteiger partial charge on any atom is 0.346 e. The minimum Gasteiger partial charge on any atom is -0.504 e. The Bertz CT molecular complexity index is 1010. The van der Waals surface area contributed by atoms with E-state index in [1.165, 1.54) is 26.2 Å². The fraction of sp³-hybridized carbons (Fsp3) is 0.364. The number of aromatic hydroxyl groups is 1. The molecule has 6 nitrogen and oxygen atoms in total. The largest absolute Gasteiger partial charge is 0.504 e. The maximum absolute atomic E-state index is 14.7. The highest BCUT2D eigenvalue weighted by Gasteiger charge is 2.32. The summed E-state index contributed by atoms with van der Waals surface area (Å²) >= 11 is 0. The average molecular weight is 402 g/mol. The van der Waals surface area contributed by atoms with E-state index in [0.29, 0.717) is 5.56 Å². The van der Waals surface area contributed by atoms with Gasteiger partial charge in [0.05, 0.1) is 18.2 Å². The van der Waals surface area contributed by atoms with E-state index in [0.717, 1.165) is 0 Å². The van der Waals surface area contributed by atoms with E-state index < -0.39 is 18.4 Å². The first kappa shape index (κ1) is 20.6. The zero-order chi connectivity index (χ0) is 21.5. The molecule has 0 spiro atoms. The third kappa shape index (κ3) is 3.52. The molecule has 1 N–H and O–H groups in total. The molecule has 29 heavy (non-hydrogen) atoms. The molecule has 0 aliphatic carbocycles. The van der Waals surface area contributed by atoms with Crippen molar-refractivity contribution in [3.63, 3.8) is 0 Å². The van der Waals surface area contributed by atoms with Gasteiger partial charge in [-0.2, -0.15) is 0 Å². The van der Waals surface area contributed by atoms with Crippen molar-refractivity contribution >= 4 is 11.8 Å². The number of hydrogen-bond donors (Lipinski definition) is 1. The number of fused-ring (bicyclic) bond motifs is 2. The summed E-state index contributed by atoms with van der Waals surface area (Å²) < 4.78 is 31.1. The molecule has 7 heteroatoms. The van der Waals surface area contributed by atoms with Crippen molar-refractivity contribution in [3.8, 4) is 23.0 Å². The van der Waals surface area contributed by atoms with Crippen molar-refractivity contribution in [3.05, 3.63) is 45.8 Å². The molecule has 0 fully saturated rings. The first-order chi connectivity index (χ1) is 13.7. The van der Waals surface area contributed by atoms with E-state index in [2.05, 4.69) is 0 Å². The molecule has 0 aromatic heterocycles. The van der Waals surface area contributed by atoms with Crippen molar-refractivity contribution in [2.45, 2.75) is 40.7 Å². The van der Waals surface area contributed by atoms with E-state index in [-0.39, 0.29) is 63.4 Å². The van der Waals surface area contributed by atoms with Crippen molar-refractivity contribution in [2.75, 3.05) is 7.11 Å². The van der Waals surface area contributed by atoms with Crippen LogP contribution >= 0.6 is 0 Å². The van der Waals surface area contributed by atoms with Crippen LogP contribution in [0.5, 0.6) is 23.0 Å². The van der Waals surface area contributed by atoms with Crippen molar-refractivity contribution in [1.29, 1.82) is 0 Å². The Morgan fingerprint density at radius 3 is 2.59 bits per heavy atom. The molecule has 1 aliphatic heterocycles. The number of rotatable bonds is 4. The number of esters is 1. The van der Waals surface area contributed by atoms with Gasteiger partial charge in [-0.05, 0) is 37.5 Å². The second-order valence-electron chi connectivity index (χ2n) is 7.44. The summed E-state index contributed by atoms with van der Waals surface area (Å²) in [5.74, 6) is -1.80. The Balaban J connectivity index is 2.21. The smallest absolute Gasteiger partial charge is 0.346 e. The Hall–Kier alpha value is -3.09. The van der Waals surface area contributed by atoms with Crippen LogP contribution in [-0.2, 0) is 11.3 Å². The number of cyclic esters (lactones) is 1. The van der Waals surface area contributed by atoms with Gasteiger partial charge in [0, 0.05) is 12.0 Å². The first-order valence-electron chi connectivity index (χ1n) is 9.26. The average Bonchev–Trinajstić information content (AvgIpc) is 2.67. The lowest BCUT2D eigenvalue weighted by Gasteiger charge is -2.23. The van der Waals surface area contributed by atoms with Crippen LogP contribution in [0.4, 0.5) is 4.39 Å². The number of carbonyl (C=O) groups excluding carboxylic acids is 2. The molecule has 0 bridgehead atoms. The quantitative estimate of drug-likeness (QED) is 0.582. The first-order valence-corrected chi connectivity index (χ1v) is 9.26. The van der Waals surface area contributed by atoms with Crippen LogP contribution in [0.2, 0.25) is 0 Å². The Labute approximate surface area is 168 Å². The molecule has 2 aromatic carbocycles. The van der Waals surface area contributed by atoms with Crippen LogP contribution in [0.1, 0.15) is 57.7 Å². The van der Waals surface area contributed by atoms with E-state index in [1.54, 1.807) is 6.92 Å². The molecular weight excluding hydrogens is 379 g/mol. The molecule has 1 aliphatic rings. The Morgan fingerprint density at radius 2 is 1.97 bits per heavy atom. The van der Waals surface area contributed by atoms with E-state index in [4.69, 9.17) is 14.2 Å². The summed E-state index contributed by atoms with van der Waals surface area (Å²) in [6.45, 7) is 6.48. The third-order valence-electron chi connectivity index (χ3n) is 4.98. The van der Waals surface area contributed by atoms with Gasteiger partial charge in [0.25, 0.3) is 0 Å². The van der Waals surface area contributed by atoms with Crippen molar-refractivity contribution < 1.29 is 33.3 Å². The van der Waals surface area contributed by atoms with E-state index in [1.807, 2.05) is 13.8 Å². The molecule has 0 radical (unpaired) electrons. The summed E-state index contributed by atoms with van der Waals surface area (Å²) in [5.41, 5.74) is 0.672. The Kier molecular flexibility index (Phi) is 5.50. The van der Waals surface area contributed by atoms with Gasteiger partial charge in [-0.3, -0.25) is 4.79 Å². The van der Waals surface area contributed by atoms with Crippen molar-refractivity contribution in [2.24, 2.45) is 5.92 Å². The number of phenols is 1. The van der Waals surface area contributed by atoms with Gasteiger partial charge in [-0.25, -0.2) is 9.18 Å². The lowest BCUT2D eigenvalue weighted by Crippen LogP contribution is -2.16. The lowest BCUT2D eigenvalue weighted by molar-refractivity contribution is 0.0450. The molecule has 2 aromatic rings. The highest BCUT2D eigenvalue weighted by Crippen LogP contribution is 2.45. The second kappa shape index (κ2) is 7.73. The predicted molar refractivity (Wildman–Crippen MR) is 104 cm³/mol. The lowest BCUT2D eigenvalue weighted by atomic mass is 9.97. The van der Waals surface area contributed by atoms with Crippen LogP contribution in [0.25, 0.3) is 0 Å². The molecule has 154 valence electrons. The van der Waals surface area contributed by atoms with Crippen LogP contribution in [0.3, 0.4) is 0 Å². The number of phenolic OH excluding ortho intramolecular Hbond substituents is 1. The fourth-order valence-electron chi connectivity index (χ4n) is 3.30. The number of hydrogen-bond acceptors (Lipinski definition) is 6. The molecule has 3 rings (SSSR count). The predicted octanol–water partition coefficient (Wildman–Crippen LogP) is 4.85. The number of methoxy groups -OCH3 is 1. The molecular formula is C22H23FO6. The third-order valence-corrected chi connectivity index (χ3v) is 4.98. The zero-order valence-electron chi connectivity index (χ0n) is 17.0. The topological polar surface area (TPSA) is 82.1 Å². The number of ether oxygens (including phenoxy) is 3. The standard InChI is InChI=1S/C22H23FO6/c1-10(2)8-15(24)13-6-7-16-17(20(13)27-5)22(26)28-9-14-18(23)11(3)12(4)19(25)21(14)29-16/h6-7,10,25H,8-9H2,1-5H3. The minimum absolute atomic E-state index is 0.00634. The molecule has 0 unspecified atom stereocenters. The SMILES string of the molecule is COc1c(C(=O)CC(C)C)ccc2c1C(=O)OCc1c(F)c(C)c(C)c(O)c1O2. The molecule has 0 saturated carbocycles. The normalized spacial score (nSPS) is 13.0. The van der Waals surface area contributed by atoms with E-state index in [9.17, 15) is 19.1 Å². The summed E-state index contributed by atoms with van der Waals surface area (Å²) in [6.07, 6.45) is 0.276. The molecule has 0 atom stereocenters. The maximum atomic E-state index is 14.7. The van der Waals surface area contributed by atoms with Crippen LogP contribution in [-0.4, -0.2) is 24.0 Å². The van der Waals surface area contributed by atoms with Gasteiger partial charge in [0.15, 0.2) is 17.3 Å². The summed E-state index contributed by atoms with van der Waals surface area (Å²) in [7, 11) is 1.34. The summed E-state index contributed by atoms with van der Waals surface area (Å²) in [5, 5.41) is 10.5. The number of Topliss-reactive ketones (excluding diaryl/α,β-unsaturated/α-hetero) is 1. The summed E-state index contributed by atoms with van der Waals surface area (Å²) in [4.78, 5) is 25.3. The van der Waals surface area contributed by atoms with Gasteiger partial charge >= 0.3 is 5.97 Å². The van der Waals surface area contributed by atoms with Crippen LogP contribution in [0, 0.1) is 25.6 Å². The highest BCUT2D eigenvalue weighted by molar-refractivity contribution is 6.05. The second-order valence-corrected chi connectivity index (χ2v) is 7.44. The van der Waals surface area contributed by atoms with Gasteiger partial charge in [0.2, 0.25) is 0 Å². The number of benzene rings is 2. The van der Waals surface area contributed by atoms with Crippen molar-refractivity contribution in [1.82, 2.24) is 0 Å². The monoisotopic (exact) mass is 402 g/mol. The van der Waals surface area contributed by atoms with Gasteiger partial charge in [-0.1, -0.05) is 13.8 Å². The molecule has 0 amide bonds. The van der Waals surface area contributed by atoms with Gasteiger partial charge in [-0.15, -0.1) is 0 Å². The Morgan fingerprint density at radius 1 is 1.28 bits per heavy atom. The van der Waals surface area contributed by atoms with Crippen LogP contribution < -0.4 is 9.47 Å². The van der Waals surface area contributed by atoms with Gasteiger partial charge < -0.3 is 19.3 Å². The highest BCUT2D eigenvalue weighted by atomic mass is 19.1. The molecule has 1 heterocycles. The number of halogens is 1. The number of carbonyl (C=O) groups is 2. The van der Waals surface area contributed by atoms with Gasteiger partial charge in [0.1, 0.15) is 29.5 Å². The zero-order valence-corrected chi connectivity index (χ0v) is 17.0. The van der Waals surface area contributed by atoms with Crippen LogP contribution in [0.15, 0.2) is 12.1 Å². The fourth-order valence-corrected chi connectivity index (χ4v) is 3.30. The summed E-state index contributed by atoms with van der Waals surface area (Å²) in [6, 6.07) is 2.92. The minimum atomic E-state index is -0.807. The number of ketones is 1. The molecule has 0 saturated heterocycles.